The van der Waals surface area contributed by atoms with Crippen LogP contribution in [0.2, 0.25) is 0 Å². The maximum atomic E-state index is 11.7. The Kier molecular flexibility index (Phi) is 4.99. The maximum Gasteiger partial charge on any atom is 0.335 e. The first-order chi connectivity index (χ1) is 9.44. The van der Waals surface area contributed by atoms with Crippen molar-refractivity contribution in [3.63, 3.8) is 0 Å². The summed E-state index contributed by atoms with van der Waals surface area (Å²) >= 11 is 0. The fourth-order valence-electron chi connectivity index (χ4n) is 1.50. The standard InChI is InChI=1S/C14H22N2O4S/c1-9(2)11-6-10(13(17)18)7-12(16-11)15-8-14(3,4)21(5,19)20/h6-7,9H,8H2,1-5H3,(H,15,16)(H,17,18). The molecule has 0 saturated carbocycles. The molecule has 118 valence electrons. The van der Waals surface area contributed by atoms with Crippen LogP contribution < -0.4 is 5.32 Å². The first kappa shape index (κ1) is 17.4. The zero-order valence-corrected chi connectivity index (χ0v) is 13.8. The van der Waals surface area contributed by atoms with Crippen LogP contribution in [0, 0.1) is 0 Å². The SMILES string of the molecule is CC(C)c1cc(C(=O)O)cc(NCC(C)(C)S(C)(=O)=O)n1. The number of sulfone groups is 1. The molecule has 0 aromatic carbocycles. The number of carboxylic acid groups (broad SMARTS) is 1. The van der Waals surface area contributed by atoms with Crippen molar-refractivity contribution in [3.8, 4) is 0 Å². The molecule has 0 bridgehead atoms. The van der Waals surface area contributed by atoms with Crippen LogP contribution in [-0.4, -0.2) is 42.0 Å². The van der Waals surface area contributed by atoms with E-state index in [-0.39, 0.29) is 18.0 Å². The second kappa shape index (κ2) is 6.01. The van der Waals surface area contributed by atoms with E-state index >= 15 is 0 Å². The van der Waals surface area contributed by atoms with Crippen LogP contribution in [0.15, 0.2) is 12.1 Å². The second-order valence-corrected chi connectivity index (χ2v) is 8.66. The van der Waals surface area contributed by atoms with E-state index < -0.39 is 20.6 Å². The topological polar surface area (TPSA) is 96.4 Å². The van der Waals surface area contributed by atoms with Gasteiger partial charge in [-0.25, -0.2) is 18.2 Å². The highest BCUT2D eigenvalue weighted by atomic mass is 32.2. The third-order valence-electron chi connectivity index (χ3n) is 3.38. The van der Waals surface area contributed by atoms with Crippen molar-refractivity contribution >= 4 is 21.6 Å². The lowest BCUT2D eigenvalue weighted by molar-refractivity contribution is 0.0696. The Morgan fingerprint density at radius 2 is 1.95 bits per heavy atom. The Balaban J connectivity index is 3.06. The van der Waals surface area contributed by atoms with Gasteiger partial charge in [-0.05, 0) is 31.9 Å². The summed E-state index contributed by atoms with van der Waals surface area (Å²) in [4.78, 5) is 15.5. The average molecular weight is 314 g/mol. The van der Waals surface area contributed by atoms with Crippen LogP contribution in [0.1, 0.15) is 49.7 Å². The van der Waals surface area contributed by atoms with E-state index in [1.165, 1.54) is 18.4 Å². The number of nitrogens with one attached hydrogen (secondary N) is 1. The Morgan fingerprint density at radius 1 is 1.38 bits per heavy atom. The number of pyridine rings is 1. The van der Waals surface area contributed by atoms with Crippen molar-refractivity contribution in [2.24, 2.45) is 0 Å². The molecule has 1 aromatic rings. The van der Waals surface area contributed by atoms with Gasteiger partial charge in [0.15, 0.2) is 9.84 Å². The zero-order valence-electron chi connectivity index (χ0n) is 13.0. The van der Waals surface area contributed by atoms with Gasteiger partial charge in [0.25, 0.3) is 0 Å². The maximum absolute atomic E-state index is 11.7. The minimum atomic E-state index is -3.23. The highest BCUT2D eigenvalue weighted by Crippen LogP contribution is 2.20. The van der Waals surface area contributed by atoms with Gasteiger partial charge in [0.1, 0.15) is 5.82 Å². The molecule has 0 aliphatic rings. The van der Waals surface area contributed by atoms with E-state index in [0.29, 0.717) is 11.5 Å². The van der Waals surface area contributed by atoms with Gasteiger partial charge in [-0.3, -0.25) is 0 Å². The van der Waals surface area contributed by atoms with Crippen LogP contribution in [0.3, 0.4) is 0 Å². The smallest absolute Gasteiger partial charge is 0.335 e. The van der Waals surface area contributed by atoms with Crippen LogP contribution in [0.25, 0.3) is 0 Å². The summed E-state index contributed by atoms with van der Waals surface area (Å²) in [5.41, 5.74) is 0.780. The van der Waals surface area contributed by atoms with E-state index in [2.05, 4.69) is 10.3 Å². The van der Waals surface area contributed by atoms with Crippen LogP contribution in [0.5, 0.6) is 0 Å². The van der Waals surface area contributed by atoms with Gasteiger partial charge in [0.2, 0.25) is 0 Å². The Bertz CT molecular complexity index is 636. The van der Waals surface area contributed by atoms with Crippen molar-refractivity contribution in [1.82, 2.24) is 4.98 Å². The second-order valence-electron chi connectivity index (χ2n) is 6.01. The van der Waals surface area contributed by atoms with Gasteiger partial charge in [-0.2, -0.15) is 0 Å². The number of aromatic nitrogens is 1. The predicted molar refractivity (Wildman–Crippen MR) is 82.7 cm³/mol. The Morgan fingerprint density at radius 3 is 2.38 bits per heavy atom. The highest BCUT2D eigenvalue weighted by Gasteiger charge is 2.30. The van der Waals surface area contributed by atoms with Crippen molar-refractivity contribution in [3.05, 3.63) is 23.4 Å². The normalized spacial score (nSPS) is 12.5. The first-order valence-electron chi connectivity index (χ1n) is 6.63. The molecule has 0 amide bonds. The van der Waals surface area contributed by atoms with Crippen molar-refractivity contribution in [1.29, 1.82) is 0 Å². The summed E-state index contributed by atoms with van der Waals surface area (Å²) in [6.07, 6.45) is 1.18. The molecular formula is C14H22N2O4S. The molecule has 0 radical (unpaired) electrons. The molecule has 1 aromatic heterocycles. The highest BCUT2D eigenvalue weighted by molar-refractivity contribution is 7.92. The van der Waals surface area contributed by atoms with E-state index in [1.54, 1.807) is 13.8 Å². The van der Waals surface area contributed by atoms with Gasteiger partial charge < -0.3 is 10.4 Å². The molecule has 0 saturated heterocycles. The van der Waals surface area contributed by atoms with Crippen LogP contribution in [0.4, 0.5) is 5.82 Å². The van der Waals surface area contributed by atoms with Gasteiger partial charge in [0, 0.05) is 18.5 Å². The van der Waals surface area contributed by atoms with Crippen molar-refractivity contribution in [2.45, 2.75) is 38.4 Å². The Hall–Kier alpha value is -1.63. The summed E-state index contributed by atoms with van der Waals surface area (Å²) in [5.74, 6) is -0.590. The zero-order chi connectivity index (χ0) is 16.4. The van der Waals surface area contributed by atoms with Gasteiger partial charge in [-0.1, -0.05) is 13.8 Å². The van der Waals surface area contributed by atoms with Gasteiger partial charge in [-0.15, -0.1) is 0 Å². The number of aromatic carboxylic acids is 1. The molecule has 7 heteroatoms. The number of carbonyl (C=O) groups is 1. The van der Waals surface area contributed by atoms with Crippen molar-refractivity contribution in [2.75, 3.05) is 18.1 Å². The molecule has 0 fully saturated rings. The number of hydrogen-bond donors (Lipinski definition) is 2. The van der Waals surface area contributed by atoms with E-state index in [9.17, 15) is 13.2 Å². The fraction of sp³-hybridized carbons (Fsp3) is 0.571. The number of rotatable bonds is 6. The first-order valence-corrected chi connectivity index (χ1v) is 8.52. The molecule has 6 nitrogen and oxygen atoms in total. The quantitative estimate of drug-likeness (QED) is 0.835. The lowest BCUT2D eigenvalue weighted by Crippen LogP contribution is -2.38. The van der Waals surface area contributed by atoms with Gasteiger partial charge in [0.05, 0.1) is 10.3 Å². The minimum absolute atomic E-state index is 0.0766. The molecule has 0 aliphatic heterocycles. The summed E-state index contributed by atoms with van der Waals surface area (Å²) in [6, 6.07) is 2.94. The van der Waals surface area contributed by atoms with E-state index in [0.717, 1.165) is 0 Å². The summed E-state index contributed by atoms with van der Waals surface area (Å²) in [6.45, 7) is 7.20. The number of carboxylic acids is 1. The minimum Gasteiger partial charge on any atom is -0.478 e. The molecule has 2 N–H and O–H groups in total. The van der Waals surface area contributed by atoms with E-state index in [1.807, 2.05) is 13.8 Å². The predicted octanol–water partition coefficient (Wildman–Crippen LogP) is 2.14. The largest absolute Gasteiger partial charge is 0.478 e. The third-order valence-corrected chi connectivity index (χ3v) is 5.53. The Labute approximate surface area is 125 Å². The molecule has 0 unspecified atom stereocenters. The molecule has 21 heavy (non-hydrogen) atoms. The van der Waals surface area contributed by atoms with Crippen LogP contribution in [-0.2, 0) is 9.84 Å². The molecule has 1 heterocycles. The van der Waals surface area contributed by atoms with E-state index in [4.69, 9.17) is 5.11 Å². The molecule has 0 aliphatic carbocycles. The fourth-order valence-corrected chi connectivity index (χ4v) is 1.83. The molecule has 0 atom stereocenters. The summed E-state index contributed by atoms with van der Waals surface area (Å²) < 4.78 is 22.4. The molecule has 1 rings (SSSR count). The number of anilines is 1. The number of hydrogen-bond acceptors (Lipinski definition) is 5. The van der Waals surface area contributed by atoms with Crippen molar-refractivity contribution < 1.29 is 18.3 Å². The van der Waals surface area contributed by atoms with Crippen LogP contribution >= 0.6 is 0 Å². The number of nitrogens with zero attached hydrogens (tertiary/aromatic N) is 1. The molecule has 0 spiro atoms. The third kappa shape index (κ3) is 4.42. The summed E-state index contributed by atoms with van der Waals surface area (Å²) in [5, 5.41) is 12.0. The molecular weight excluding hydrogens is 292 g/mol. The lowest BCUT2D eigenvalue weighted by atomic mass is 10.1. The summed E-state index contributed by atoms with van der Waals surface area (Å²) in [7, 11) is -3.23. The lowest BCUT2D eigenvalue weighted by Gasteiger charge is -2.23. The average Bonchev–Trinajstić information content (AvgIpc) is 2.34. The monoisotopic (exact) mass is 314 g/mol. The van der Waals surface area contributed by atoms with Gasteiger partial charge >= 0.3 is 5.97 Å².